The maximum atomic E-state index is 3.95. The van der Waals surface area contributed by atoms with Crippen molar-refractivity contribution in [2.45, 2.75) is 40.8 Å². The first-order valence-electron chi connectivity index (χ1n) is 9.52. The van der Waals surface area contributed by atoms with Crippen molar-refractivity contribution in [2.24, 2.45) is 0 Å². The molecule has 0 radical (unpaired) electrons. The quantitative estimate of drug-likeness (QED) is 0.255. The molecule has 0 fully saturated rings. The van der Waals surface area contributed by atoms with Crippen LogP contribution in [0.1, 0.15) is 38.8 Å². The zero-order chi connectivity index (χ0) is 18.1. The lowest BCUT2D eigenvalue weighted by Crippen LogP contribution is -3.00. The minimum Gasteiger partial charge on any atom is -1.00 e. The average Bonchev–Trinajstić information content (AvgIpc) is 2.62. The number of benzene rings is 1. The summed E-state index contributed by atoms with van der Waals surface area (Å²) in [5, 5.41) is 0. The predicted octanol–water partition coefficient (Wildman–Crippen LogP) is -1.22. The standard InChI is InChI=1S/C22H38N2.2BrH/c1-7-17-23(9-3,10-4)19-21-13-15-22(16-14-21)20-24(11-5,12-6)18-8-2;;/h7-8,13-16H,1-2,9-12,17-20H2,3-6H3;2*1H/q+2;;/p-2. The van der Waals surface area contributed by atoms with Crippen molar-refractivity contribution in [1.29, 1.82) is 0 Å². The summed E-state index contributed by atoms with van der Waals surface area (Å²) in [6, 6.07) is 9.30. The van der Waals surface area contributed by atoms with Crippen LogP contribution in [0.15, 0.2) is 49.6 Å². The van der Waals surface area contributed by atoms with Gasteiger partial charge in [0.15, 0.2) is 0 Å². The average molecular weight is 490 g/mol. The fraction of sp³-hybridized carbons (Fsp3) is 0.545. The fourth-order valence-electron chi connectivity index (χ4n) is 3.61. The summed E-state index contributed by atoms with van der Waals surface area (Å²) in [6.45, 7) is 25.9. The molecule has 2 nitrogen and oxygen atoms in total. The third-order valence-corrected chi connectivity index (χ3v) is 5.78. The number of nitrogens with zero attached hydrogens (tertiary/aromatic N) is 2. The lowest BCUT2D eigenvalue weighted by Gasteiger charge is -2.37. The second-order valence-electron chi connectivity index (χ2n) is 7.02. The molecule has 0 aromatic heterocycles. The van der Waals surface area contributed by atoms with E-state index in [2.05, 4.69) is 77.3 Å². The largest absolute Gasteiger partial charge is 1.00 e. The minimum atomic E-state index is 0. The Labute approximate surface area is 183 Å². The Morgan fingerprint density at radius 1 is 0.654 bits per heavy atom. The molecule has 0 heterocycles. The second kappa shape index (κ2) is 13.7. The molecule has 26 heavy (non-hydrogen) atoms. The van der Waals surface area contributed by atoms with Crippen LogP contribution in [0.25, 0.3) is 0 Å². The molecule has 4 heteroatoms. The Morgan fingerprint density at radius 2 is 0.923 bits per heavy atom. The molecular weight excluding hydrogens is 452 g/mol. The van der Waals surface area contributed by atoms with Gasteiger partial charge >= 0.3 is 0 Å². The van der Waals surface area contributed by atoms with Crippen molar-refractivity contribution in [1.82, 2.24) is 0 Å². The van der Waals surface area contributed by atoms with Crippen LogP contribution in [0.5, 0.6) is 0 Å². The summed E-state index contributed by atoms with van der Waals surface area (Å²) in [5.74, 6) is 0. The molecule has 1 aromatic rings. The highest BCUT2D eigenvalue weighted by Gasteiger charge is 2.24. The van der Waals surface area contributed by atoms with E-state index in [1.807, 2.05) is 0 Å². The normalized spacial score (nSPS) is 11.2. The summed E-state index contributed by atoms with van der Waals surface area (Å²) in [6.07, 6.45) is 4.12. The summed E-state index contributed by atoms with van der Waals surface area (Å²) >= 11 is 0. The Balaban J connectivity index is 0. The lowest BCUT2D eigenvalue weighted by atomic mass is 10.1. The van der Waals surface area contributed by atoms with Crippen LogP contribution in [0.2, 0.25) is 0 Å². The van der Waals surface area contributed by atoms with Crippen molar-refractivity contribution in [3.63, 3.8) is 0 Å². The van der Waals surface area contributed by atoms with Crippen molar-refractivity contribution in [3.8, 4) is 0 Å². The van der Waals surface area contributed by atoms with Gasteiger partial charge in [0.25, 0.3) is 0 Å². The molecule has 0 spiro atoms. The molecular formula is C22H38Br2N2. The molecule has 0 unspecified atom stereocenters. The Bertz CT molecular complexity index is 456. The molecule has 0 N–H and O–H groups in total. The first-order chi connectivity index (χ1) is 11.5. The first kappa shape index (κ1) is 27.8. The van der Waals surface area contributed by atoms with Crippen molar-refractivity contribution in [3.05, 3.63) is 60.7 Å². The number of rotatable bonds is 12. The maximum absolute atomic E-state index is 3.95. The number of hydrogen-bond acceptors (Lipinski definition) is 0. The molecule has 0 bridgehead atoms. The van der Waals surface area contributed by atoms with Gasteiger partial charge in [-0.1, -0.05) is 37.4 Å². The van der Waals surface area contributed by atoms with E-state index in [-0.39, 0.29) is 34.0 Å². The van der Waals surface area contributed by atoms with Crippen molar-refractivity contribution in [2.75, 3.05) is 39.3 Å². The number of halogens is 2. The van der Waals surface area contributed by atoms with Crippen molar-refractivity contribution < 1.29 is 42.9 Å². The highest BCUT2D eigenvalue weighted by molar-refractivity contribution is 5.21. The highest BCUT2D eigenvalue weighted by Crippen LogP contribution is 2.18. The van der Waals surface area contributed by atoms with Gasteiger partial charge in [0.1, 0.15) is 13.1 Å². The summed E-state index contributed by atoms with van der Waals surface area (Å²) < 4.78 is 2.17. The SMILES string of the molecule is C=CC[N+](CC)(CC)Cc1ccc(C[N+](CC)(CC)CC=C)cc1.[Br-].[Br-]. The van der Waals surface area contributed by atoms with E-state index in [1.54, 1.807) is 0 Å². The minimum absolute atomic E-state index is 0. The van der Waals surface area contributed by atoms with E-state index >= 15 is 0 Å². The number of quaternary nitrogens is 2. The van der Waals surface area contributed by atoms with Gasteiger partial charge in [-0.15, -0.1) is 0 Å². The topological polar surface area (TPSA) is 0 Å². The molecule has 1 rings (SSSR count). The molecule has 0 aliphatic carbocycles. The van der Waals surface area contributed by atoms with Gasteiger partial charge < -0.3 is 42.9 Å². The fourth-order valence-corrected chi connectivity index (χ4v) is 3.61. The summed E-state index contributed by atoms with van der Waals surface area (Å²) in [7, 11) is 0. The second-order valence-corrected chi connectivity index (χ2v) is 7.02. The molecule has 0 amide bonds. The summed E-state index contributed by atoms with van der Waals surface area (Å²) in [4.78, 5) is 0. The number of likely N-dealkylation sites (N-methyl/N-ethyl adjacent to an activating group) is 2. The van der Waals surface area contributed by atoms with Gasteiger partial charge in [0.2, 0.25) is 0 Å². The smallest absolute Gasteiger partial charge is 0.105 e. The van der Waals surface area contributed by atoms with E-state index in [9.17, 15) is 0 Å². The van der Waals surface area contributed by atoms with E-state index in [4.69, 9.17) is 0 Å². The molecule has 0 saturated heterocycles. The van der Waals surface area contributed by atoms with Crippen LogP contribution in [-0.4, -0.2) is 48.2 Å². The van der Waals surface area contributed by atoms with E-state index in [0.717, 1.165) is 61.3 Å². The van der Waals surface area contributed by atoms with Crippen LogP contribution >= 0.6 is 0 Å². The van der Waals surface area contributed by atoms with Crippen molar-refractivity contribution >= 4 is 0 Å². The number of hydrogen-bond donors (Lipinski definition) is 0. The van der Waals surface area contributed by atoms with Gasteiger partial charge in [-0.25, -0.2) is 0 Å². The van der Waals surface area contributed by atoms with Gasteiger partial charge in [0, 0.05) is 11.1 Å². The van der Waals surface area contributed by atoms with Crippen LogP contribution in [-0.2, 0) is 13.1 Å². The van der Waals surface area contributed by atoms with Crippen LogP contribution < -0.4 is 34.0 Å². The monoisotopic (exact) mass is 488 g/mol. The van der Waals surface area contributed by atoms with Crippen LogP contribution in [0.3, 0.4) is 0 Å². The van der Waals surface area contributed by atoms with E-state index in [0.29, 0.717) is 0 Å². The van der Waals surface area contributed by atoms with Crippen LogP contribution in [0, 0.1) is 0 Å². The lowest BCUT2D eigenvalue weighted by molar-refractivity contribution is -0.932. The zero-order valence-corrected chi connectivity index (χ0v) is 20.4. The first-order valence-corrected chi connectivity index (χ1v) is 9.52. The molecule has 0 aliphatic heterocycles. The zero-order valence-electron chi connectivity index (χ0n) is 17.2. The van der Waals surface area contributed by atoms with E-state index in [1.165, 1.54) is 11.1 Å². The highest BCUT2D eigenvalue weighted by atomic mass is 79.9. The Hall–Kier alpha value is -0.420. The molecule has 150 valence electrons. The molecule has 0 atom stereocenters. The van der Waals surface area contributed by atoms with Gasteiger partial charge in [-0.05, 0) is 39.8 Å². The van der Waals surface area contributed by atoms with E-state index < -0.39 is 0 Å². The maximum Gasteiger partial charge on any atom is 0.105 e. The molecule has 0 aliphatic rings. The Morgan fingerprint density at radius 3 is 1.12 bits per heavy atom. The van der Waals surface area contributed by atoms with Crippen LogP contribution in [0.4, 0.5) is 0 Å². The Kier molecular flexibility index (Phi) is 14.7. The molecule has 0 saturated carbocycles. The third kappa shape index (κ3) is 7.67. The molecule has 1 aromatic carbocycles. The summed E-state index contributed by atoms with van der Waals surface area (Å²) in [5.41, 5.74) is 2.86. The van der Waals surface area contributed by atoms with Gasteiger partial charge in [-0.3, -0.25) is 0 Å². The van der Waals surface area contributed by atoms with Gasteiger partial charge in [0.05, 0.1) is 39.3 Å². The predicted molar refractivity (Wildman–Crippen MR) is 107 cm³/mol. The van der Waals surface area contributed by atoms with Gasteiger partial charge in [-0.2, -0.15) is 0 Å². The third-order valence-electron chi connectivity index (χ3n) is 5.78.